The lowest BCUT2D eigenvalue weighted by Gasteiger charge is -2.27. The van der Waals surface area contributed by atoms with Gasteiger partial charge in [-0.15, -0.1) is 0 Å². The predicted molar refractivity (Wildman–Crippen MR) is 145 cm³/mol. The normalized spacial score (nSPS) is 12.6. The van der Waals surface area contributed by atoms with Crippen LogP contribution in [-0.2, 0) is 15.0 Å². The Labute approximate surface area is 212 Å². The maximum absolute atomic E-state index is 13.4. The minimum Gasteiger partial charge on any atom is -0.333 e. The number of nitrogens with zero attached hydrogens (tertiary/aromatic N) is 3. The summed E-state index contributed by atoms with van der Waals surface area (Å²) in [5.74, 6) is 0.960. The van der Waals surface area contributed by atoms with E-state index in [4.69, 9.17) is 5.10 Å². The molecule has 1 N–H and O–H groups in total. The molecule has 0 aliphatic heterocycles. The molecule has 0 spiro atoms. The molecule has 0 saturated carbocycles. The van der Waals surface area contributed by atoms with Gasteiger partial charge in [0.15, 0.2) is 0 Å². The van der Waals surface area contributed by atoms with E-state index in [0.29, 0.717) is 18.3 Å². The molecule has 0 saturated heterocycles. The van der Waals surface area contributed by atoms with E-state index in [1.807, 2.05) is 37.3 Å². The van der Waals surface area contributed by atoms with Gasteiger partial charge in [-0.2, -0.15) is 5.10 Å². The summed E-state index contributed by atoms with van der Waals surface area (Å²) in [4.78, 5) is 28.4. The van der Waals surface area contributed by atoms with Gasteiger partial charge in [-0.25, -0.2) is 4.68 Å². The number of aromatic nitrogens is 2. The molecule has 6 nitrogen and oxygen atoms in total. The third-order valence-corrected chi connectivity index (χ3v) is 6.36. The first kappa shape index (κ1) is 28.6. The van der Waals surface area contributed by atoms with Crippen LogP contribution in [0.25, 0.3) is 5.69 Å². The van der Waals surface area contributed by atoms with Crippen molar-refractivity contribution in [1.29, 1.82) is 0 Å². The summed E-state index contributed by atoms with van der Waals surface area (Å²) in [7, 11) is 0. The maximum Gasteiger partial charge on any atom is 0.245 e. The quantitative estimate of drug-likeness (QED) is 0.375. The minimum absolute atomic E-state index is 0.0276. The van der Waals surface area contributed by atoms with E-state index in [-0.39, 0.29) is 29.7 Å². The van der Waals surface area contributed by atoms with Gasteiger partial charge in [-0.05, 0) is 49.8 Å². The highest BCUT2D eigenvalue weighted by Crippen LogP contribution is 2.27. The molecule has 0 radical (unpaired) electrons. The molecular formula is C29H46N4O2. The van der Waals surface area contributed by atoms with Crippen LogP contribution in [0.1, 0.15) is 91.8 Å². The first-order valence-electron chi connectivity index (χ1n) is 13.2. The Morgan fingerprint density at radius 3 is 2.40 bits per heavy atom. The van der Waals surface area contributed by atoms with E-state index in [0.717, 1.165) is 49.0 Å². The van der Waals surface area contributed by atoms with E-state index in [1.54, 1.807) is 9.58 Å². The molecule has 35 heavy (non-hydrogen) atoms. The van der Waals surface area contributed by atoms with Gasteiger partial charge in [-0.1, -0.05) is 73.4 Å². The number of nitrogens with one attached hydrogen (secondary N) is 1. The average Bonchev–Trinajstić information content (AvgIpc) is 3.21. The fourth-order valence-electron chi connectivity index (χ4n) is 4.04. The Hall–Kier alpha value is -2.63. The molecule has 194 valence electrons. The van der Waals surface area contributed by atoms with E-state index in [2.05, 4.69) is 53.8 Å². The molecule has 6 heteroatoms. The van der Waals surface area contributed by atoms with Crippen LogP contribution in [0.15, 0.2) is 30.3 Å². The van der Waals surface area contributed by atoms with Gasteiger partial charge in [0.25, 0.3) is 0 Å². The molecule has 2 amide bonds. The van der Waals surface area contributed by atoms with Crippen LogP contribution in [0.2, 0.25) is 0 Å². The summed E-state index contributed by atoms with van der Waals surface area (Å²) >= 11 is 0. The van der Waals surface area contributed by atoms with Crippen LogP contribution < -0.4 is 5.32 Å². The highest BCUT2D eigenvalue weighted by molar-refractivity contribution is 5.94. The number of hydrogen-bond donors (Lipinski definition) is 1. The number of unbranched alkanes of at least 4 members (excludes halogenated alkanes) is 1. The molecule has 2 rings (SSSR count). The van der Waals surface area contributed by atoms with Crippen molar-refractivity contribution < 1.29 is 9.59 Å². The van der Waals surface area contributed by atoms with Crippen molar-refractivity contribution in [2.75, 3.05) is 18.4 Å². The van der Waals surface area contributed by atoms with Crippen molar-refractivity contribution in [3.05, 3.63) is 41.6 Å². The van der Waals surface area contributed by atoms with Gasteiger partial charge in [0.05, 0.1) is 17.9 Å². The number of hydrogen-bond acceptors (Lipinski definition) is 3. The second kappa shape index (κ2) is 12.9. The number of amides is 2. The van der Waals surface area contributed by atoms with Crippen LogP contribution in [0.3, 0.4) is 0 Å². The molecule has 0 aliphatic rings. The van der Waals surface area contributed by atoms with Gasteiger partial charge < -0.3 is 10.2 Å². The number of anilines is 1. The van der Waals surface area contributed by atoms with Gasteiger partial charge in [0.2, 0.25) is 11.8 Å². The Morgan fingerprint density at radius 2 is 1.83 bits per heavy atom. The van der Waals surface area contributed by atoms with Crippen molar-refractivity contribution >= 4 is 17.6 Å². The fourth-order valence-corrected chi connectivity index (χ4v) is 4.04. The zero-order valence-electron chi connectivity index (χ0n) is 23.1. The Morgan fingerprint density at radius 1 is 1.11 bits per heavy atom. The molecule has 1 heterocycles. The SMILES string of the molecule is CCCC[C@H](CC)C(=O)N(CCC(C)C)CC(=O)Nc1cc(C(C)(C)C)nn1-c1cccc(C)c1. The first-order valence-corrected chi connectivity index (χ1v) is 13.2. The number of rotatable bonds is 12. The average molecular weight is 483 g/mol. The van der Waals surface area contributed by atoms with Gasteiger partial charge in [-0.3, -0.25) is 9.59 Å². The predicted octanol–water partition coefficient (Wildman–Crippen LogP) is 6.51. The monoisotopic (exact) mass is 482 g/mol. The van der Waals surface area contributed by atoms with Gasteiger partial charge in [0.1, 0.15) is 5.82 Å². The smallest absolute Gasteiger partial charge is 0.245 e. The molecule has 0 fully saturated rings. The van der Waals surface area contributed by atoms with Crippen LogP contribution in [0.5, 0.6) is 0 Å². The third-order valence-electron chi connectivity index (χ3n) is 6.36. The zero-order chi connectivity index (χ0) is 26.2. The van der Waals surface area contributed by atoms with Crippen molar-refractivity contribution in [2.24, 2.45) is 11.8 Å². The van der Waals surface area contributed by atoms with Gasteiger partial charge >= 0.3 is 0 Å². The van der Waals surface area contributed by atoms with Crippen molar-refractivity contribution in [3.63, 3.8) is 0 Å². The number of benzene rings is 1. The van der Waals surface area contributed by atoms with Crippen molar-refractivity contribution in [2.45, 2.75) is 92.9 Å². The molecule has 2 aromatic rings. The molecular weight excluding hydrogens is 436 g/mol. The lowest BCUT2D eigenvalue weighted by molar-refractivity contribution is -0.139. The van der Waals surface area contributed by atoms with Gasteiger partial charge in [0, 0.05) is 23.9 Å². The maximum atomic E-state index is 13.4. The molecule has 0 aliphatic carbocycles. The second-order valence-corrected chi connectivity index (χ2v) is 11.2. The highest BCUT2D eigenvalue weighted by Gasteiger charge is 2.26. The van der Waals surface area contributed by atoms with Crippen molar-refractivity contribution in [3.8, 4) is 5.69 Å². The van der Waals surface area contributed by atoms with Crippen molar-refractivity contribution in [1.82, 2.24) is 14.7 Å². The van der Waals surface area contributed by atoms with E-state index < -0.39 is 0 Å². The van der Waals surface area contributed by atoms with E-state index in [1.165, 1.54) is 0 Å². The highest BCUT2D eigenvalue weighted by atomic mass is 16.2. The molecule has 1 atom stereocenters. The van der Waals surface area contributed by atoms with Crippen LogP contribution in [0.4, 0.5) is 5.82 Å². The molecule has 0 unspecified atom stereocenters. The first-order chi connectivity index (χ1) is 16.5. The Bertz CT molecular complexity index is 971. The number of carbonyl (C=O) groups is 2. The van der Waals surface area contributed by atoms with Crippen LogP contribution in [0, 0.1) is 18.8 Å². The number of carbonyl (C=O) groups excluding carboxylic acids is 2. The lowest BCUT2D eigenvalue weighted by Crippen LogP contribution is -2.42. The van der Waals surface area contributed by atoms with E-state index in [9.17, 15) is 9.59 Å². The second-order valence-electron chi connectivity index (χ2n) is 11.2. The summed E-state index contributed by atoms with van der Waals surface area (Å²) < 4.78 is 1.79. The van der Waals surface area contributed by atoms with Crippen LogP contribution >= 0.6 is 0 Å². The minimum atomic E-state index is -0.193. The fraction of sp³-hybridized carbons (Fsp3) is 0.621. The topological polar surface area (TPSA) is 67.2 Å². The molecule has 0 bridgehead atoms. The zero-order valence-corrected chi connectivity index (χ0v) is 23.1. The number of aryl methyl sites for hydroxylation is 1. The lowest BCUT2D eigenvalue weighted by atomic mass is 9.92. The largest absolute Gasteiger partial charge is 0.333 e. The summed E-state index contributed by atoms with van der Waals surface area (Å²) in [5.41, 5.74) is 2.75. The summed E-state index contributed by atoms with van der Waals surface area (Å²) in [5, 5.41) is 7.88. The standard InChI is InChI=1S/C29H46N4O2/c1-9-11-14-23(10-2)28(35)32(17-16-21(3)4)20-27(34)30-26-19-25(29(6,7)8)31-33(26)24-15-12-13-22(5)18-24/h12-13,15,18-19,21,23H,9-11,14,16-17,20H2,1-8H3,(H,30,34)/t23-/m0/s1. The molecule has 1 aromatic heterocycles. The summed E-state index contributed by atoms with van der Waals surface area (Å²) in [6, 6.07) is 10.0. The Kier molecular flexibility index (Phi) is 10.5. The summed E-state index contributed by atoms with van der Waals surface area (Å²) in [6.45, 7) is 17.5. The third kappa shape index (κ3) is 8.52. The summed E-state index contributed by atoms with van der Waals surface area (Å²) in [6.07, 6.45) is 4.64. The van der Waals surface area contributed by atoms with E-state index >= 15 is 0 Å². The molecule has 1 aromatic carbocycles. The van der Waals surface area contributed by atoms with Crippen LogP contribution in [-0.4, -0.2) is 39.6 Å². The Balaban J connectivity index is 2.29.